The summed E-state index contributed by atoms with van der Waals surface area (Å²) in [5.74, 6) is -0.241. The van der Waals surface area contributed by atoms with Crippen LogP contribution in [0.4, 0.5) is 5.69 Å². The smallest absolute Gasteiger partial charge is 0.257 e. The molecule has 0 unspecified atom stereocenters. The van der Waals surface area contributed by atoms with Crippen molar-refractivity contribution in [2.45, 2.75) is 0 Å². The molecular formula is C20H14BrIN2OS. The van der Waals surface area contributed by atoms with Crippen molar-refractivity contribution in [3.63, 3.8) is 0 Å². The highest BCUT2D eigenvalue weighted by atomic mass is 127. The maximum atomic E-state index is 12.4. The van der Waals surface area contributed by atoms with Crippen LogP contribution in [0.3, 0.4) is 0 Å². The lowest BCUT2D eigenvalue weighted by molar-refractivity contribution is 0.0978. The van der Waals surface area contributed by atoms with Gasteiger partial charge in [0.15, 0.2) is 5.11 Å². The van der Waals surface area contributed by atoms with Crippen LogP contribution in [0.2, 0.25) is 0 Å². The van der Waals surface area contributed by atoms with Gasteiger partial charge >= 0.3 is 0 Å². The molecule has 0 aliphatic rings. The summed E-state index contributed by atoms with van der Waals surface area (Å²) < 4.78 is 1.99. The van der Waals surface area contributed by atoms with E-state index in [1.165, 1.54) is 0 Å². The third kappa shape index (κ3) is 4.90. The Labute approximate surface area is 179 Å². The van der Waals surface area contributed by atoms with E-state index >= 15 is 0 Å². The zero-order chi connectivity index (χ0) is 18.5. The molecule has 0 fully saturated rings. The van der Waals surface area contributed by atoms with E-state index in [0.717, 1.165) is 24.9 Å². The fourth-order valence-corrected chi connectivity index (χ4v) is 4.01. The van der Waals surface area contributed by atoms with Crippen molar-refractivity contribution in [3.05, 3.63) is 86.4 Å². The predicted octanol–water partition coefficient (Wildman–Crippen LogP) is 5.85. The molecule has 6 heteroatoms. The Balaban J connectivity index is 1.65. The van der Waals surface area contributed by atoms with Crippen molar-refractivity contribution in [3.8, 4) is 11.1 Å². The van der Waals surface area contributed by atoms with E-state index in [4.69, 9.17) is 12.2 Å². The molecule has 0 aliphatic heterocycles. The topological polar surface area (TPSA) is 41.1 Å². The van der Waals surface area contributed by atoms with Gasteiger partial charge in [-0.1, -0.05) is 58.4 Å². The zero-order valence-electron chi connectivity index (χ0n) is 13.5. The fraction of sp³-hybridized carbons (Fsp3) is 0. The molecular weight excluding hydrogens is 523 g/mol. The molecule has 0 aliphatic carbocycles. The first-order valence-corrected chi connectivity index (χ1v) is 10.0. The Morgan fingerprint density at radius 3 is 2.23 bits per heavy atom. The Kier molecular flexibility index (Phi) is 6.39. The van der Waals surface area contributed by atoms with Gasteiger partial charge in [-0.05, 0) is 76.3 Å². The number of amides is 1. The van der Waals surface area contributed by atoms with Crippen molar-refractivity contribution in [2.75, 3.05) is 5.32 Å². The highest BCUT2D eigenvalue weighted by Crippen LogP contribution is 2.23. The number of carbonyl (C=O) groups excluding carboxylic acids is 1. The molecule has 0 aromatic heterocycles. The molecule has 1 amide bonds. The number of nitrogens with one attached hydrogen (secondary N) is 2. The number of hydrogen-bond acceptors (Lipinski definition) is 2. The summed E-state index contributed by atoms with van der Waals surface area (Å²) in [6.45, 7) is 0. The van der Waals surface area contributed by atoms with Gasteiger partial charge in [0.25, 0.3) is 5.91 Å². The van der Waals surface area contributed by atoms with Crippen LogP contribution in [0, 0.1) is 3.57 Å². The lowest BCUT2D eigenvalue weighted by atomic mass is 10.0. The van der Waals surface area contributed by atoms with Gasteiger partial charge in [-0.25, -0.2) is 0 Å². The maximum Gasteiger partial charge on any atom is 0.257 e. The van der Waals surface area contributed by atoms with Crippen LogP contribution < -0.4 is 10.6 Å². The molecule has 2 N–H and O–H groups in total. The van der Waals surface area contributed by atoms with Crippen LogP contribution in [0.25, 0.3) is 11.1 Å². The highest BCUT2D eigenvalue weighted by molar-refractivity contribution is 14.1. The monoisotopic (exact) mass is 536 g/mol. The van der Waals surface area contributed by atoms with E-state index in [9.17, 15) is 4.79 Å². The van der Waals surface area contributed by atoms with Crippen molar-refractivity contribution >= 4 is 67.4 Å². The van der Waals surface area contributed by atoms with Gasteiger partial charge in [-0.15, -0.1) is 0 Å². The number of rotatable bonds is 3. The van der Waals surface area contributed by atoms with Crippen LogP contribution >= 0.6 is 50.7 Å². The summed E-state index contributed by atoms with van der Waals surface area (Å²) in [5.41, 5.74) is 3.58. The SMILES string of the molecule is O=C(NC(=S)Nc1ccc(Br)cc1I)c1ccc(-c2ccccc2)cc1. The predicted molar refractivity (Wildman–Crippen MR) is 122 cm³/mol. The molecule has 3 aromatic rings. The lowest BCUT2D eigenvalue weighted by Gasteiger charge is -2.11. The van der Waals surface area contributed by atoms with Crippen LogP contribution in [0.1, 0.15) is 10.4 Å². The summed E-state index contributed by atoms with van der Waals surface area (Å²) in [5, 5.41) is 6.02. The second kappa shape index (κ2) is 8.75. The van der Waals surface area contributed by atoms with Crippen LogP contribution in [0.15, 0.2) is 77.3 Å². The maximum absolute atomic E-state index is 12.4. The standard InChI is InChI=1S/C20H14BrIN2OS/c21-16-10-11-18(17(22)12-16)23-20(26)24-19(25)15-8-6-14(7-9-15)13-4-2-1-3-5-13/h1-12H,(H2,23,24,25,26). The van der Waals surface area contributed by atoms with Gasteiger partial charge in [0.2, 0.25) is 0 Å². The number of benzene rings is 3. The van der Waals surface area contributed by atoms with Crippen LogP contribution in [0.5, 0.6) is 0 Å². The minimum Gasteiger partial charge on any atom is -0.332 e. The number of halogens is 2. The molecule has 0 radical (unpaired) electrons. The van der Waals surface area contributed by atoms with Crippen molar-refractivity contribution in [2.24, 2.45) is 0 Å². The van der Waals surface area contributed by atoms with Crippen LogP contribution in [-0.4, -0.2) is 11.0 Å². The van der Waals surface area contributed by atoms with Crippen molar-refractivity contribution in [1.29, 1.82) is 0 Å². The van der Waals surface area contributed by atoms with Crippen molar-refractivity contribution in [1.82, 2.24) is 5.32 Å². The van der Waals surface area contributed by atoms with Gasteiger partial charge in [-0.3, -0.25) is 10.1 Å². The Morgan fingerprint density at radius 1 is 0.923 bits per heavy atom. The molecule has 130 valence electrons. The van der Waals surface area contributed by atoms with Gasteiger partial charge < -0.3 is 5.32 Å². The normalized spacial score (nSPS) is 10.2. The fourth-order valence-electron chi connectivity index (χ4n) is 2.36. The van der Waals surface area contributed by atoms with Gasteiger partial charge in [0.05, 0.1) is 5.69 Å². The Morgan fingerprint density at radius 2 is 1.58 bits per heavy atom. The average Bonchev–Trinajstić information content (AvgIpc) is 2.65. The Bertz CT molecular complexity index is 946. The minimum atomic E-state index is -0.241. The number of hydrogen-bond donors (Lipinski definition) is 2. The largest absolute Gasteiger partial charge is 0.332 e. The second-order valence-corrected chi connectivity index (χ2v) is 7.96. The van der Waals surface area contributed by atoms with E-state index in [0.29, 0.717) is 5.56 Å². The summed E-state index contributed by atoms with van der Waals surface area (Å²) in [4.78, 5) is 12.4. The van der Waals surface area contributed by atoms with E-state index < -0.39 is 0 Å². The third-order valence-corrected chi connectivity index (χ3v) is 5.25. The lowest BCUT2D eigenvalue weighted by Crippen LogP contribution is -2.34. The minimum absolute atomic E-state index is 0.241. The van der Waals surface area contributed by atoms with Gasteiger partial charge in [0, 0.05) is 13.6 Å². The first kappa shape index (κ1) is 19.0. The molecule has 3 nitrogen and oxygen atoms in total. The molecule has 0 saturated heterocycles. The van der Waals surface area contributed by atoms with Crippen LogP contribution in [-0.2, 0) is 0 Å². The number of carbonyl (C=O) groups is 1. The van der Waals surface area contributed by atoms with Gasteiger partial charge in [0.1, 0.15) is 0 Å². The molecule has 0 spiro atoms. The quantitative estimate of drug-likeness (QED) is 0.326. The molecule has 0 saturated carbocycles. The molecule has 3 aromatic carbocycles. The highest BCUT2D eigenvalue weighted by Gasteiger charge is 2.09. The van der Waals surface area contributed by atoms with E-state index in [-0.39, 0.29) is 11.0 Å². The first-order chi connectivity index (χ1) is 12.5. The molecule has 0 bridgehead atoms. The van der Waals surface area contributed by atoms with E-state index in [1.54, 1.807) is 12.1 Å². The zero-order valence-corrected chi connectivity index (χ0v) is 18.1. The van der Waals surface area contributed by atoms with Crippen molar-refractivity contribution < 1.29 is 4.79 Å². The number of thiocarbonyl (C=S) groups is 1. The Hall–Kier alpha value is -1.77. The molecule has 0 atom stereocenters. The summed E-state index contributed by atoms with van der Waals surface area (Å²) in [6, 6.07) is 23.3. The first-order valence-electron chi connectivity index (χ1n) is 7.76. The van der Waals surface area contributed by atoms with Gasteiger partial charge in [-0.2, -0.15) is 0 Å². The molecule has 26 heavy (non-hydrogen) atoms. The second-order valence-electron chi connectivity index (χ2n) is 5.48. The third-order valence-electron chi connectivity index (χ3n) is 3.66. The molecule has 3 rings (SSSR count). The van der Waals surface area contributed by atoms with E-state index in [1.807, 2.05) is 60.7 Å². The average molecular weight is 537 g/mol. The van der Waals surface area contributed by atoms with E-state index in [2.05, 4.69) is 49.2 Å². The summed E-state index contributed by atoms with van der Waals surface area (Å²) in [6.07, 6.45) is 0. The summed E-state index contributed by atoms with van der Waals surface area (Å²) >= 11 is 10.9. The molecule has 0 heterocycles. The number of anilines is 1. The summed E-state index contributed by atoms with van der Waals surface area (Å²) in [7, 11) is 0.